The van der Waals surface area contributed by atoms with Gasteiger partial charge in [0.2, 0.25) is 0 Å². The van der Waals surface area contributed by atoms with Crippen LogP contribution >= 0.6 is 12.2 Å². The predicted octanol–water partition coefficient (Wildman–Crippen LogP) is 2.78. The lowest BCUT2D eigenvalue weighted by molar-refractivity contribution is 0.190. The number of halogens is 1. The summed E-state index contributed by atoms with van der Waals surface area (Å²) in [7, 11) is 1.66. The fourth-order valence-electron chi connectivity index (χ4n) is 1.71. The number of aromatic nitrogens is 3. The third kappa shape index (κ3) is 2.83. The number of ether oxygens (including phenoxy) is 1. The molecule has 2 rings (SSSR count). The first kappa shape index (κ1) is 12.9. The second-order valence-corrected chi connectivity index (χ2v) is 4.24. The fraction of sp³-hybridized carbons (Fsp3) is 0.333. The zero-order chi connectivity index (χ0) is 13.0. The van der Waals surface area contributed by atoms with Crippen LogP contribution in [0.3, 0.4) is 0 Å². The maximum atomic E-state index is 12.9. The molecular weight excluding hydrogens is 253 g/mol. The summed E-state index contributed by atoms with van der Waals surface area (Å²) in [6, 6.07) is 6.19. The zero-order valence-electron chi connectivity index (χ0n) is 10.0. The lowest BCUT2D eigenvalue weighted by Gasteiger charge is -2.06. The summed E-state index contributed by atoms with van der Waals surface area (Å²) in [6.07, 6.45) is 0.846. The standard InChI is InChI=1S/C12H14FN3OS/c1-17-8-2-7-16-11(14-15-12(16)18)9-3-5-10(13)6-4-9/h3-6H,2,7-8H2,1H3,(H,15,18). The van der Waals surface area contributed by atoms with E-state index in [4.69, 9.17) is 17.0 Å². The van der Waals surface area contributed by atoms with Crippen molar-refractivity contribution in [1.29, 1.82) is 0 Å². The molecule has 0 aliphatic carbocycles. The lowest BCUT2D eigenvalue weighted by Crippen LogP contribution is -2.03. The third-order valence-electron chi connectivity index (χ3n) is 2.59. The molecule has 1 aromatic heterocycles. The van der Waals surface area contributed by atoms with Crippen molar-refractivity contribution in [3.63, 3.8) is 0 Å². The number of H-pyrrole nitrogens is 1. The molecule has 0 saturated carbocycles. The number of hydrogen-bond acceptors (Lipinski definition) is 3. The molecule has 0 aliphatic rings. The van der Waals surface area contributed by atoms with E-state index in [-0.39, 0.29) is 5.82 Å². The molecule has 0 saturated heterocycles. The van der Waals surface area contributed by atoms with Crippen LogP contribution in [0.1, 0.15) is 6.42 Å². The van der Waals surface area contributed by atoms with Crippen molar-refractivity contribution in [1.82, 2.24) is 14.8 Å². The average Bonchev–Trinajstić information content (AvgIpc) is 2.73. The summed E-state index contributed by atoms with van der Waals surface area (Å²) in [5.74, 6) is 0.454. The maximum Gasteiger partial charge on any atom is 0.195 e. The van der Waals surface area contributed by atoms with Gasteiger partial charge in [-0.2, -0.15) is 5.10 Å². The molecule has 0 radical (unpaired) electrons. The number of aromatic amines is 1. The van der Waals surface area contributed by atoms with E-state index < -0.39 is 0 Å². The van der Waals surface area contributed by atoms with Crippen LogP contribution in [0, 0.1) is 10.6 Å². The van der Waals surface area contributed by atoms with E-state index in [0.29, 0.717) is 11.4 Å². The molecule has 0 amide bonds. The molecule has 1 heterocycles. The summed E-state index contributed by atoms with van der Waals surface area (Å²) in [5, 5.41) is 6.94. The number of hydrogen-bond donors (Lipinski definition) is 1. The summed E-state index contributed by atoms with van der Waals surface area (Å²) in [5.41, 5.74) is 0.834. The van der Waals surface area contributed by atoms with Crippen molar-refractivity contribution in [2.24, 2.45) is 0 Å². The highest BCUT2D eigenvalue weighted by Crippen LogP contribution is 2.17. The van der Waals surface area contributed by atoms with E-state index in [1.54, 1.807) is 19.2 Å². The first-order valence-corrected chi connectivity index (χ1v) is 6.03. The first-order valence-electron chi connectivity index (χ1n) is 5.62. The normalized spacial score (nSPS) is 10.8. The van der Waals surface area contributed by atoms with Crippen LogP contribution in [0.4, 0.5) is 4.39 Å². The van der Waals surface area contributed by atoms with Crippen molar-refractivity contribution >= 4 is 12.2 Å². The molecule has 0 unspecified atom stereocenters. The monoisotopic (exact) mass is 267 g/mol. The molecule has 0 spiro atoms. The van der Waals surface area contributed by atoms with Gasteiger partial charge in [0.25, 0.3) is 0 Å². The molecule has 6 heteroatoms. The topological polar surface area (TPSA) is 42.8 Å². The van der Waals surface area contributed by atoms with Crippen LogP contribution in [0.15, 0.2) is 24.3 Å². The number of benzene rings is 1. The van der Waals surface area contributed by atoms with Crippen molar-refractivity contribution in [2.45, 2.75) is 13.0 Å². The van der Waals surface area contributed by atoms with Crippen molar-refractivity contribution in [3.05, 3.63) is 34.9 Å². The van der Waals surface area contributed by atoms with Crippen molar-refractivity contribution in [2.75, 3.05) is 13.7 Å². The minimum Gasteiger partial charge on any atom is -0.385 e. The molecule has 96 valence electrons. The maximum absolute atomic E-state index is 12.9. The van der Waals surface area contributed by atoms with Gasteiger partial charge in [-0.25, -0.2) is 4.39 Å². The van der Waals surface area contributed by atoms with Crippen LogP contribution in [0.5, 0.6) is 0 Å². The largest absolute Gasteiger partial charge is 0.385 e. The highest BCUT2D eigenvalue weighted by atomic mass is 32.1. The smallest absolute Gasteiger partial charge is 0.195 e. The van der Waals surface area contributed by atoms with Gasteiger partial charge in [0.05, 0.1) is 0 Å². The van der Waals surface area contributed by atoms with Gasteiger partial charge in [-0.05, 0) is 42.9 Å². The zero-order valence-corrected chi connectivity index (χ0v) is 10.8. The van der Waals surface area contributed by atoms with Crippen molar-refractivity contribution in [3.8, 4) is 11.4 Å². The number of rotatable bonds is 5. The number of nitrogens with zero attached hydrogens (tertiary/aromatic N) is 2. The fourth-order valence-corrected chi connectivity index (χ4v) is 1.93. The Bertz CT molecular complexity index is 561. The molecule has 4 nitrogen and oxygen atoms in total. The Morgan fingerprint density at radius 1 is 1.39 bits per heavy atom. The van der Waals surface area contributed by atoms with Crippen molar-refractivity contribution < 1.29 is 9.13 Å². The van der Waals surface area contributed by atoms with E-state index >= 15 is 0 Å². The highest BCUT2D eigenvalue weighted by molar-refractivity contribution is 7.71. The molecule has 18 heavy (non-hydrogen) atoms. The average molecular weight is 267 g/mol. The quantitative estimate of drug-likeness (QED) is 0.669. The highest BCUT2D eigenvalue weighted by Gasteiger charge is 2.08. The van der Waals surface area contributed by atoms with E-state index in [9.17, 15) is 4.39 Å². The van der Waals surface area contributed by atoms with Gasteiger partial charge in [0.1, 0.15) is 5.82 Å². The minimum atomic E-state index is -0.265. The lowest BCUT2D eigenvalue weighted by atomic mass is 10.2. The van der Waals surface area contributed by atoms with Gasteiger partial charge in [0, 0.05) is 25.8 Å². The number of nitrogens with one attached hydrogen (secondary N) is 1. The van der Waals surface area contributed by atoms with Gasteiger partial charge in [0.15, 0.2) is 10.6 Å². The SMILES string of the molecule is COCCCn1c(-c2ccc(F)cc2)n[nH]c1=S. The van der Waals surface area contributed by atoms with Gasteiger partial charge < -0.3 is 9.30 Å². The third-order valence-corrected chi connectivity index (χ3v) is 2.90. The van der Waals surface area contributed by atoms with Gasteiger partial charge in [-0.3, -0.25) is 5.10 Å². The van der Waals surface area contributed by atoms with Crippen LogP contribution in [-0.4, -0.2) is 28.5 Å². The molecule has 0 bridgehead atoms. The Morgan fingerprint density at radius 3 is 2.78 bits per heavy atom. The van der Waals surface area contributed by atoms with Crippen LogP contribution in [-0.2, 0) is 11.3 Å². The minimum absolute atomic E-state index is 0.265. The molecule has 0 atom stereocenters. The van der Waals surface area contributed by atoms with Gasteiger partial charge in [-0.15, -0.1) is 0 Å². The van der Waals surface area contributed by atoms with E-state index in [2.05, 4.69) is 10.2 Å². The summed E-state index contributed by atoms with van der Waals surface area (Å²) >= 11 is 5.18. The predicted molar refractivity (Wildman–Crippen MR) is 69.3 cm³/mol. The molecule has 1 aromatic carbocycles. The Kier molecular flexibility index (Phi) is 4.22. The second-order valence-electron chi connectivity index (χ2n) is 3.86. The van der Waals surface area contributed by atoms with Crippen LogP contribution in [0.2, 0.25) is 0 Å². The summed E-state index contributed by atoms with van der Waals surface area (Å²) in [4.78, 5) is 0. The Balaban J connectivity index is 2.27. The Labute approximate surface area is 109 Å². The number of methoxy groups -OCH3 is 1. The molecule has 2 aromatic rings. The molecule has 1 N–H and O–H groups in total. The van der Waals surface area contributed by atoms with E-state index in [1.807, 2.05) is 4.57 Å². The van der Waals surface area contributed by atoms with Crippen LogP contribution < -0.4 is 0 Å². The Morgan fingerprint density at radius 2 is 2.11 bits per heavy atom. The molecule has 0 aliphatic heterocycles. The summed E-state index contributed by atoms with van der Waals surface area (Å²) < 4.78 is 20.3. The van der Waals surface area contributed by atoms with Gasteiger partial charge >= 0.3 is 0 Å². The molecule has 0 fully saturated rings. The molecular formula is C12H14FN3OS. The Hall–Kier alpha value is -1.53. The van der Waals surface area contributed by atoms with E-state index in [1.165, 1.54) is 12.1 Å². The van der Waals surface area contributed by atoms with Crippen LogP contribution in [0.25, 0.3) is 11.4 Å². The second kappa shape index (κ2) is 5.88. The summed E-state index contributed by atoms with van der Waals surface area (Å²) in [6.45, 7) is 1.38. The van der Waals surface area contributed by atoms with E-state index in [0.717, 1.165) is 24.4 Å². The van der Waals surface area contributed by atoms with Gasteiger partial charge in [-0.1, -0.05) is 0 Å². The first-order chi connectivity index (χ1) is 8.72.